The van der Waals surface area contributed by atoms with Gasteiger partial charge in [0, 0.05) is 22.6 Å². The number of nitro benzene ring substituents is 1. The maximum absolute atomic E-state index is 10.8. The SMILES string of the molecule is CC(Nc1cc([N+](=O)[O-])ccc1Br)c1ccc(O)cc1. The van der Waals surface area contributed by atoms with E-state index in [2.05, 4.69) is 21.2 Å². The molecule has 5 nitrogen and oxygen atoms in total. The molecule has 0 aromatic heterocycles. The first kappa shape index (κ1) is 14.3. The van der Waals surface area contributed by atoms with Gasteiger partial charge in [-0.1, -0.05) is 12.1 Å². The Bertz CT molecular complexity index is 629. The molecular weight excluding hydrogens is 324 g/mol. The first-order valence-electron chi connectivity index (χ1n) is 5.97. The van der Waals surface area contributed by atoms with E-state index in [4.69, 9.17) is 0 Å². The van der Waals surface area contributed by atoms with Crippen molar-refractivity contribution < 1.29 is 10.0 Å². The van der Waals surface area contributed by atoms with Crippen molar-refractivity contribution in [1.29, 1.82) is 0 Å². The van der Waals surface area contributed by atoms with Crippen molar-refractivity contribution in [2.75, 3.05) is 5.32 Å². The average Bonchev–Trinajstić information content (AvgIpc) is 2.41. The number of nitrogens with zero attached hydrogens (tertiary/aromatic N) is 1. The number of nitrogens with one attached hydrogen (secondary N) is 1. The third-order valence-corrected chi connectivity index (χ3v) is 3.62. The van der Waals surface area contributed by atoms with Gasteiger partial charge in [-0.2, -0.15) is 0 Å². The molecule has 0 aliphatic rings. The fraction of sp³-hybridized carbons (Fsp3) is 0.143. The van der Waals surface area contributed by atoms with Crippen molar-refractivity contribution in [2.45, 2.75) is 13.0 Å². The molecule has 2 N–H and O–H groups in total. The van der Waals surface area contributed by atoms with Crippen LogP contribution in [0.15, 0.2) is 46.9 Å². The molecule has 2 rings (SSSR count). The number of nitro groups is 1. The predicted molar refractivity (Wildman–Crippen MR) is 80.9 cm³/mol. The second kappa shape index (κ2) is 5.92. The van der Waals surface area contributed by atoms with Gasteiger partial charge >= 0.3 is 0 Å². The summed E-state index contributed by atoms with van der Waals surface area (Å²) in [6, 6.07) is 11.3. The van der Waals surface area contributed by atoms with Crippen molar-refractivity contribution >= 4 is 27.3 Å². The summed E-state index contributed by atoms with van der Waals surface area (Å²) in [6.07, 6.45) is 0. The van der Waals surface area contributed by atoms with Gasteiger partial charge < -0.3 is 10.4 Å². The molecular formula is C14H13BrN2O3. The number of phenols is 1. The molecule has 20 heavy (non-hydrogen) atoms. The van der Waals surface area contributed by atoms with Crippen molar-refractivity contribution in [3.8, 4) is 5.75 Å². The maximum Gasteiger partial charge on any atom is 0.271 e. The van der Waals surface area contributed by atoms with E-state index < -0.39 is 4.92 Å². The number of phenolic OH excluding ortho intramolecular Hbond substituents is 1. The number of aromatic hydroxyl groups is 1. The van der Waals surface area contributed by atoms with E-state index in [1.807, 2.05) is 6.92 Å². The second-order valence-electron chi connectivity index (χ2n) is 4.38. The highest BCUT2D eigenvalue weighted by molar-refractivity contribution is 9.10. The van der Waals surface area contributed by atoms with Crippen molar-refractivity contribution in [3.63, 3.8) is 0 Å². The third-order valence-electron chi connectivity index (χ3n) is 2.93. The Morgan fingerprint density at radius 2 is 1.90 bits per heavy atom. The van der Waals surface area contributed by atoms with E-state index >= 15 is 0 Å². The zero-order chi connectivity index (χ0) is 14.7. The van der Waals surface area contributed by atoms with Crippen LogP contribution < -0.4 is 5.32 Å². The second-order valence-corrected chi connectivity index (χ2v) is 5.23. The van der Waals surface area contributed by atoms with Crippen molar-refractivity contribution in [2.24, 2.45) is 0 Å². The number of non-ortho nitro benzene ring substituents is 1. The normalized spacial score (nSPS) is 11.9. The van der Waals surface area contributed by atoms with Crippen LogP contribution in [0.2, 0.25) is 0 Å². The molecule has 104 valence electrons. The first-order chi connectivity index (χ1) is 9.47. The van der Waals surface area contributed by atoms with Gasteiger partial charge in [0.25, 0.3) is 5.69 Å². The highest BCUT2D eigenvalue weighted by Gasteiger charge is 2.12. The van der Waals surface area contributed by atoms with Gasteiger partial charge in [0.05, 0.1) is 10.6 Å². The van der Waals surface area contributed by atoms with Crippen LogP contribution >= 0.6 is 15.9 Å². The van der Waals surface area contributed by atoms with Crippen molar-refractivity contribution in [1.82, 2.24) is 0 Å². The largest absolute Gasteiger partial charge is 0.508 e. The zero-order valence-corrected chi connectivity index (χ0v) is 12.3. The molecule has 1 atom stereocenters. The van der Waals surface area contributed by atoms with Gasteiger partial charge in [-0.05, 0) is 46.6 Å². The number of hydrogen-bond acceptors (Lipinski definition) is 4. The minimum atomic E-state index is -0.428. The standard InChI is InChI=1S/C14H13BrN2O3/c1-9(10-2-5-12(18)6-3-10)16-14-8-11(17(19)20)4-7-13(14)15/h2-9,16,18H,1H3. The molecule has 2 aromatic rings. The van der Waals surface area contributed by atoms with Crippen LogP contribution in [0.3, 0.4) is 0 Å². The van der Waals surface area contributed by atoms with Crippen LogP contribution in [0.25, 0.3) is 0 Å². The van der Waals surface area contributed by atoms with Crippen LogP contribution in [0, 0.1) is 10.1 Å². The fourth-order valence-corrected chi connectivity index (χ4v) is 2.18. The van der Waals surface area contributed by atoms with Crippen LogP contribution in [0.1, 0.15) is 18.5 Å². The molecule has 0 radical (unpaired) electrons. The molecule has 6 heteroatoms. The summed E-state index contributed by atoms with van der Waals surface area (Å²) in [5, 5.41) is 23.3. The smallest absolute Gasteiger partial charge is 0.271 e. The molecule has 0 heterocycles. The van der Waals surface area contributed by atoms with Gasteiger partial charge in [0.2, 0.25) is 0 Å². The summed E-state index contributed by atoms with van der Waals surface area (Å²) in [6.45, 7) is 1.94. The zero-order valence-electron chi connectivity index (χ0n) is 10.7. The number of hydrogen-bond donors (Lipinski definition) is 2. The maximum atomic E-state index is 10.8. The van der Waals surface area contributed by atoms with Gasteiger partial charge in [-0.3, -0.25) is 10.1 Å². The quantitative estimate of drug-likeness (QED) is 0.646. The summed E-state index contributed by atoms with van der Waals surface area (Å²) in [5.41, 5.74) is 1.66. The van der Waals surface area contributed by atoms with Crippen molar-refractivity contribution in [3.05, 3.63) is 62.6 Å². The Morgan fingerprint density at radius 1 is 1.25 bits per heavy atom. The predicted octanol–water partition coefficient (Wildman–Crippen LogP) is 4.24. The van der Waals surface area contributed by atoms with E-state index in [1.165, 1.54) is 12.1 Å². The Kier molecular flexibility index (Phi) is 4.24. The minimum Gasteiger partial charge on any atom is -0.508 e. The van der Waals surface area contributed by atoms with Gasteiger partial charge in [0.15, 0.2) is 0 Å². The lowest BCUT2D eigenvalue weighted by Gasteiger charge is -2.16. The van der Waals surface area contributed by atoms with Crippen LogP contribution in [-0.4, -0.2) is 10.0 Å². The van der Waals surface area contributed by atoms with Gasteiger partial charge in [-0.25, -0.2) is 0 Å². The van der Waals surface area contributed by atoms with E-state index in [1.54, 1.807) is 30.3 Å². The Morgan fingerprint density at radius 3 is 2.50 bits per heavy atom. The Balaban J connectivity index is 2.22. The molecule has 0 bridgehead atoms. The highest BCUT2D eigenvalue weighted by atomic mass is 79.9. The van der Waals surface area contributed by atoms with E-state index in [9.17, 15) is 15.2 Å². The fourth-order valence-electron chi connectivity index (χ4n) is 1.82. The highest BCUT2D eigenvalue weighted by Crippen LogP contribution is 2.30. The lowest BCUT2D eigenvalue weighted by molar-refractivity contribution is -0.384. The van der Waals surface area contributed by atoms with Crippen LogP contribution in [0.4, 0.5) is 11.4 Å². The number of rotatable bonds is 4. The van der Waals surface area contributed by atoms with Gasteiger partial charge in [0.1, 0.15) is 5.75 Å². The van der Waals surface area contributed by atoms with Crippen LogP contribution in [-0.2, 0) is 0 Å². The lowest BCUT2D eigenvalue weighted by Crippen LogP contribution is -2.07. The molecule has 0 saturated carbocycles. The number of halogens is 1. The first-order valence-corrected chi connectivity index (χ1v) is 6.76. The summed E-state index contributed by atoms with van der Waals surface area (Å²) >= 11 is 3.37. The van der Waals surface area contributed by atoms with Gasteiger partial charge in [-0.15, -0.1) is 0 Å². The molecule has 0 amide bonds. The molecule has 2 aromatic carbocycles. The summed E-state index contributed by atoms with van der Waals surface area (Å²) < 4.78 is 0.758. The lowest BCUT2D eigenvalue weighted by atomic mass is 10.1. The van der Waals surface area contributed by atoms with Crippen LogP contribution in [0.5, 0.6) is 5.75 Å². The summed E-state index contributed by atoms with van der Waals surface area (Å²) in [5.74, 6) is 0.206. The van der Waals surface area contributed by atoms with E-state index in [0.717, 1.165) is 10.0 Å². The topological polar surface area (TPSA) is 75.4 Å². The number of benzene rings is 2. The molecule has 1 unspecified atom stereocenters. The monoisotopic (exact) mass is 336 g/mol. The molecule has 0 aliphatic carbocycles. The summed E-state index contributed by atoms with van der Waals surface area (Å²) in [4.78, 5) is 10.4. The molecule has 0 aliphatic heterocycles. The van der Waals surface area contributed by atoms with E-state index in [-0.39, 0.29) is 17.5 Å². The molecule has 0 saturated heterocycles. The average molecular weight is 337 g/mol. The molecule has 0 spiro atoms. The number of anilines is 1. The third kappa shape index (κ3) is 3.27. The summed E-state index contributed by atoms with van der Waals surface area (Å²) in [7, 11) is 0. The Labute approximate surface area is 124 Å². The molecule has 0 fully saturated rings. The minimum absolute atomic E-state index is 0.0357. The van der Waals surface area contributed by atoms with E-state index in [0.29, 0.717) is 5.69 Å². The Hall–Kier alpha value is -2.08.